The van der Waals surface area contributed by atoms with Crippen molar-refractivity contribution in [3.8, 4) is 5.75 Å². The lowest BCUT2D eigenvalue weighted by Crippen LogP contribution is -2.13. The molecule has 0 saturated heterocycles. The third-order valence-corrected chi connectivity index (χ3v) is 3.28. The standard InChI is InChI=1S/C17H17ClFNO2/c1-12-4-7-14(8-5-12)22-10-2-3-17(21)20-16-9-6-13(18)11-15(16)19/h4-9,11H,2-3,10H2,1H3,(H,20,21). The molecule has 0 spiro atoms. The van der Waals surface area contributed by atoms with Crippen molar-refractivity contribution in [1.82, 2.24) is 0 Å². The van der Waals surface area contributed by atoms with Crippen molar-refractivity contribution < 1.29 is 13.9 Å². The van der Waals surface area contributed by atoms with E-state index in [1.54, 1.807) is 0 Å². The Bertz CT molecular complexity index is 644. The predicted octanol–water partition coefficient (Wildman–Crippen LogP) is 4.59. The first-order chi connectivity index (χ1) is 10.5. The average molecular weight is 322 g/mol. The Labute approximate surface area is 134 Å². The summed E-state index contributed by atoms with van der Waals surface area (Å²) in [6.45, 7) is 2.43. The molecule has 3 nitrogen and oxygen atoms in total. The lowest BCUT2D eigenvalue weighted by molar-refractivity contribution is -0.116. The van der Waals surface area contributed by atoms with E-state index < -0.39 is 5.82 Å². The lowest BCUT2D eigenvalue weighted by Gasteiger charge is -2.08. The molecule has 1 amide bonds. The zero-order valence-corrected chi connectivity index (χ0v) is 13.0. The molecule has 5 heteroatoms. The molecule has 116 valence electrons. The van der Waals surface area contributed by atoms with Gasteiger partial charge < -0.3 is 10.1 Å². The van der Waals surface area contributed by atoms with Gasteiger partial charge in [-0.2, -0.15) is 0 Å². The van der Waals surface area contributed by atoms with E-state index in [0.29, 0.717) is 18.1 Å². The van der Waals surface area contributed by atoms with Crippen molar-refractivity contribution in [1.29, 1.82) is 0 Å². The number of amides is 1. The second kappa shape index (κ2) is 7.80. The third-order valence-electron chi connectivity index (χ3n) is 3.04. The zero-order chi connectivity index (χ0) is 15.9. The highest BCUT2D eigenvalue weighted by atomic mass is 35.5. The molecule has 0 aliphatic heterocycles. The molecular weight excluding hydrogens is 305 g/mol. The van der Waals surface area contributed by atoms with Gasteiger partial charge >= 0.3 is 0 Å². The Morgan fingerprint density at radius 2 is 1.95 bits per heavy atom. The number of hydrogen-bond donors (Lipinski definition) is 1. The molecule has 0 radical (unpaired) electrons. The van der Waals surface area contributed by atoms with E-state index in [1.165, 1.54) is 12.1 Å². The van der Waals surface area contributed by atoms with Crippen LogP contribution in [0.4, 0.5) is 10.1 Å². The maximum absolute atomic E-state index is 13.5. The summed E-state index contributed by atoms with van der Waals surface area (Å²) in [5.74, 6) is -0.0276. The number of rotatable bonds is 6. The Hall–Kier alpha value is -2.07. The number of carbonyl (C=O) groups excluding carboxylic acids is 1. The largest absolute Gasteiger partial charge is 0.494 e. The molecule has 0 fully saturated rings. The zero-order valence-electron chi connectivity index (χ0n) is 12.2. The Balaban J connectivity index is 1.72. The van der Waals surface area contributed by atoms with Gasteiger partial charge in [-0.05, 0) is 43.7 Å². The highest BCUT2D eigenvalue weighted by molar-refractivity contribution is 6.30. The van der Waals surface area contributed by atoms with Crippen molar-refractivity contribution in [3.63, 3.8) is 0 Å². The van der Waals surface area contributed by atoms with Gasteiger partial charge in [0.15, 0.2) is 0 Å². The first-order valence-corrected chi connectivity index (χ1v) is 7.37. The molecular formula is C17H17ClFNO2. The number of nitrogens with one attached hydrogen (secondary N) is 1. The highest BCUT2D eigenvalue weighted by Gasteiger charge is 2.07. The van der Waals surface area contributed by atoms with Gasteiger partial charge in [-0.25, -0.2) is 4.39 Å². The molecule has 0 aliphatic carbocycles. The van der Waals surface area contributed by atoms with Crippen LogP contribution >= 0.6 is 11.6 Å². The number of hydrogen-bond acceptors (Lipinski definition) is 2. The van der Waals surface area contributed by atoms with Gasteiger partial charge in [0.05, 0.1) is 12.3 Å². The van der Waals surface area contributed by atoms with Crippen LogP contribution in [-0.4, -0.2) is 12.5 Å². The number of aryl methyl sites for hydroxylation is 1. The van der Waals surface area contributed by atoms with Crippen molar-refractivity contribution in [2.75, 3.05) is 11.9 Å². The Morgan fingerprint density at radius 3 is 2.64 bits per heavy atom. The van der Waals surface area contributed by atoms with Gasteiger partial charge in [-0.1, -0.05) is 29.3 Å². The minimum Gasteiger partial charge on any atom is -0.494 e. The molecule has 0 heterocycles. The molecule has 2 aromatic rings. The van der Waals surface area contributed by atoms with E-state index >= 15 is 0 Å². The van der Waals surface area contributed by atoms with E-state index in [2.05, 4.69) is 5.32 Å². The monoisotopic (exact) mass is 321 g/mol. The number of carbonyl (C=O) groups is 1. The quantitative estimate of drug-likeness (QED) is 0.790. The normalized spacial score (nSPS) is 10.3. The summed E-state index contributed by atoms with van der Waals surface area (Å²) < 4.78 is 19.1. The van der Waals surface area contributed by atoms with Crippen molar-refractivity contribution in [2.45, 2.75) is 19.8 Å². The Kier molecular flexibility index (Phi) is 5.78. The maximum Gasteiger partial charge on any atom is 0.224 e. The van der Waals surface area contributed by atoms with Crippen LogP contribution in [0.1, 0.15) is 18.4 Å². The minimum absolute atomic E-state index is 0.133. The van der Waals surface area contributed by atoms with Gasteiger partial charge in [0.25, 0.3) is 0 Å². The fourth-order valence-electron chi connectivity index (χ4n) is 1.86. The lowest BCUT2D eigenvalue weighted by atomic mass is 10.2. The van der Waals surface area contributed by atoms with Crippen molar-refractivity contribution >= 4 is 23.2 Å². The van der Waals surface area contributed by atoms with Gasteiger partial charge in [0, 0.05) is 11.4 Å². The van der Waals surface area contributed by atoms with Crippen LogP contribution < -0.4 is 10.1 Å². The molecule has 0 bridgehead atoms. The van der Waals surface area contributed by atoms with Gasteiger partial charge in [-0.15, -0.1) is 0 Å². The van der Waals surface area contributed by atoms with Gasteiger partial charge in [0.1, 0.15) is 11.6 Å². The third kappa shape index (κ3) is 5.04. The van der Waals surface area contributed by atoms with Crippen LogP contribution in [0.3, 0.4) is 0 Å². The molecule has 0 saturated carbocycles. The minimum atomic E-state index is -0.545. The summed E-state index contributed by atoms with van der Waals surface area (Å²) in [5, 5.41) is 2.81. The molecule has 22 heavy (non-hydrogen) atoms. The smallest absolute Gasteiger partial charge is 0.224 e. The summed E-state index contributed by atoms with van der Waals surface area (Å²) in [6.07, 6.45) is 0.808. The van der Waals surface area contributed by atoms with Gasteiger partial charge in [-0.3, -0.25) is 4.79 Å². The summed E-state index contributed by atoms with van der Waals surface area (Å²) >= 11 is 5.65. The van der Waals surface area contributed by atoms with Crippen LogP contribution in [-0.2, 0) is 4.79 Å². The van der Waals surface area contributed by atoms with Crippen LogP contribution in [0.2, 0.25) is 5.02 Å². The fourth-order valence-corrected chi connectivity index (χ4v) is 2.02. The molecule has 2 aromatic carbocycles. The fraction of sp³-hybridized carbons (Fsp3) is 0.235. The van der Waals surface area contributed by atoms with E-state index in [4.69, 9.17) is 16.3 Å². The van der Waals surface area contributed by atoms with Gasteiger partial charge in [0.2, 0.25) is 5.91 Å². The van der Waals surface area contributed by atoms with Crippen LogP contribution in [0, 0.1) is 12.7 Å². The summed E-state index contributed by atoms with van der Waals surface area (Å²) in [6, 6.07) is 11.8. The number of halogens is 2. The van der Waals surface area contributed by atoms with Crippen molar-refractivity contribution in [3.05, 3.63) is 58.9 Å². The number of ether oxygens (including phenoxy) is 1. The SMILES string of the molecule is Cc1ccc(OCCCC(=O)Nc2ccc(Cl)cc2F)cc1. The van der Waals surface area contributed by atoms with Crippen molar-refractivity contribution in [2.24, 2.45) is 0 Å². The predicted molar refractivity (Wildman–Crippen MR) is 85.9 cm³/mol. The first kappa shape index (κ1) is 16.3. The number of benzene rings is 2. The summed E-state index contributed by atoms with van der Waals surface area (Å²) in [4.78, 5) is 11.7. The second-order valence-electron chi connectivity index (χ2n) is 4.94. The molecule has 0 unspecified atom stereocenters. The van der Waals surface area contributed by atoms with E-state index in [0.717, 1.165) is 17.4 Å². The molecule has 2 rings (SSSR count). The molecule has 0 aliphatic rings. The second-order valence-corrected chi connectivity index (χ2v) is 5.37. The summed E-state index contributed by atoms with van der Waals surface area (Å²) in [5.41, 5.74) is 1.30. The topological polar surface area (TPSA) is 38.3 Å². The maximum atomic E-state index is 13.5. The summed E-state index contributed by atoms with van der Waals surface area (Å²) in [7, 11) is 0. The van der Waals surface area contributed by atoms with Crippen LogP contribution in [0.25, 0.3) is 0 Å². The average Bonchev–Trinajstić information content (AvgIpc) is 2.48. The van der Waals surface area contributed by atoms with E-state index in [9.17, 15) is 9.18 Å². The van der Waals surface area contributed by atoms with Crippen LogP contribution in [0.15, 0.2) is 42.5 Å². The Morgan fingerprint density at radius 1 is 1.23 bits per heavy atom. The number of anilines is 1. The molecule has 0 aromatic heterocycles. The van der Waals surface area contributed by atoms with Crippen LogP contribution in [0.5, 0.6) is 5.75 Å². The van der Waals surface area contributed by atoms with E-state index in [1.807, 2.05) is 31.2 Å². The highest BCUT2D eigenvalue weighted by Crippen LogP contribution is 2.19. The first-order valence-electron chi connectivity index (χ1n) is 6.99. The van der Waals surface area contributed by atoms with E-state index in [-0.39, 0.29) is 18.0 Å². The molecule has 0 atom stereocenters. The molecule has 1 N–H and O–H groups in total.